The average Bonchev–Trinajstić information content (AvgIpc) is 2.49. The van der Waals surface area contributed by atoms with Crippen LogP contribution < -0.4 is 0 Å². The molecule has 0 aliphatic rings. The Balaban J connectivity index is 2.84. The van der Waals surface area contributed by atoms with Crippen LogP contribution in [0.2, 0.25) is 0 Å². The summed E-state index contributed by atoms with van der Waals surface area (Å²) in [5, 5.41) is 46.5. The Morgan fingerprint density at radius 2 is 1.81 bits per heavy atom. The first-order valence-corrected chi connectivity index (χ1v) is 5.72. The molecule has 0 aliphatic heterocycles. The standard InChI is InChI=1S/C15H8N2O4/c16-6-10-5-12(18)14(19)11(7-17)13(10)8-2-1-3-9(4-8)15(20)21/h1-5,18-19H,(H,20,21). The van der Waals surface area contributed by atoms with E-state index in [0.29, 0.717) is 5.56 Å². The van der Waals surface area contributed by atoms with Crippen molar-refractivity contribution < 1.29 is 20.1 Å². The molecule has 102 valence electrons. The van der Waals surface area contributed by atoms with Gasteiger partial charge in [0.25, 0.3) is 0 Å². The molecule has 0 saturated carbocycles. The Labute approximate surface area is 119 Å². The molecule has 0 unspecified atom stereocenters. The average molecular weight is 280 g/mol. The van der Waals surface area contributed by atoms with E-state index in [1.54, 1.807) is 6.07 Å². The van der Waals surface area contributed by atoms with E-state index < -0.39 is 17.5 Å². The van der Waals surface area contributed by atoms with Crippen LogP contribution in [0.5, 0.6) is 11.5 Å². The number of carbonyl (C=O) groups is 1. The van der Waals surface area contributed by atoms with Gasteiger partial charge >= 0.3 is 5.97 Å². The van der Waals surface area contributed by atoms with Gasteiger partial charge in [0.05, 0.1) is 17.2 Å². The van der Waals surface area contributed by atoms with Crippen molar-refractivity contribution in [2.24, 2.45) is 0 Å². The number of aromatic carboxylic acids is 1. The number of phenolic OH excluding ortho intramolecular Hbond substituents is 2. The smallest absolute Gasteiger partial charge is 0.335 e. The quantitative estimate of drug-likeness (QED) is 0.724. The van der Waals surface area contributed by atoms with Crippen LogP contribution in [0.25, 0.3) is 11.1 Å². The van der Waals surface area contributed by atoms with Crippen molar-refractivity contribution in [1.82, 2.24) is 0 Å². The molecule has 6 nitrogen and oxygen atoms in total. The lowest BCUT2D eigenvalue weighted by molar-refractivity contribution is 0.0697. The minimum absolute atomic E-state index is 0.0205. The van der Waals surface area contributed by atoms with E-state index >= 15 is 0 Å². The largest absolute Gasteiger partial charge is 0.504 e. The van der Waals surface area contributed by atoms with Crippen LogP contribution in [-0.4, -0.2) is 21.3 Å². The predicted molar refractivity (Wildman–Crippen MR) is 71.6 cm³/mol. The number of carboxylic acids is 1. The molecular weight excluding hydrogens is 272 g/mol. The molecule has 0 bridgehead atoms. The molecule has 0 aromatic heterocycles. The Bertz CT molecular complexity index is 829. The summed E-state index contributed by atoms with van der Waals surface area (Å²) in [6, 6.07) is 10.2. The second kappa shape index (κ2) is 5.24. The molecule has 2 aromatic rings. The van der Waals surface area contributed by atoms with Gasteiger partial charge in [0, 0.05) is 11.6 Å². The monoisotopic (exact) mass is 280 g/mol. The first kappa shape index (κ1) is 13.9. The zero-order valence-electron chi connectivity index (χ0n) is 10.5. The van der Waals surface area contributed by atoms with Crippen molar-refractivity contribution >= 4 is 5.97 Å². The number of phenols is 2. The molecule has 0 fully saturated rings. The van der Waals surface area contributed by atoms with Crippen molar-refractivity contribution in [2.75, 3.05) is 0 Å². The summed E-state index contributed by atoms with van der Waals surface area (Å²) < 4.78 is 0. The third kappa shape index (κ3) is 2.34. The summed E-state index contributed by atoms with van der Waals surface area (Å²) in [6.07, 6.45) is 0. The van der Waals surface area contributed by atoms with E-state index in [1.165, 1.54) is 24.3 Å². The molecule has 6 heteroatoms. The summed E-state index contributed by atoms with van der Waals surface area (Å²) >= 11 is 0. The van der Waals surface area contributed by atoms with Gasteiger partial charge in [-0.2, -0.15) is 10.5 Å². The van der Waals surface area contributed by atoms with E-state index in [2.05, 4.69) is 0 Å². The second-order valence-electron chi connectivity index (χ2n) is 4.15. The number of rotatable bonds is 2. The van der Waals surface area contributed by atoms with E-state index in [4.69, 9.17) is 15.6 Å². The van der Waals surface area contributed by atoms with Crippen LogP contribution in [-0.2, 0) is 0 Å². The van der Waals surface area contributed by atoms with Gasteiger partial charge in [-0.3, -0.25) is 0 Å². The highest BCUT2D eigenvalue weighted by Gasteiger charge is 2.19. The molecular formula is C15H8N2O4. The van der Waals surface area contributed by atoms with E-state index in [-0.39, 0.29) is 22.3 Å². The van der Waals surface area contributed by atoms with E-state index in [1.807, 2.05) is 6.07 Å². The first-order chi connectivity index (χ1) is 9.99. The van der Waals surface area contributed by atoms with Crippen molar-refractivity contribution in [2.45, 2.75) is 0 Å². The third-order valence-corrected chi connectivity index (χ3v) is 2.91. The highest BCUT2D eigenvalue weighted by molar-refractivity contribution is 5.91. The molecule has 0 spiro atoms. The van der Waals surface area contributed by atoms with Gasteiger partial charge in [0.15, 0.2) is 11.5 Å². The molecule has 3 N–H and O–H groups in total. The summed E-state index contributed by atoms with van der Waals surface area (Å²) in [7, 11) is 0. The normalized spacial score (nSPS) is 9.62. The van der Waals surface area contributed by atoms with Crippen LogP contribution in [0, 0.1) is 22.7 Å². The van der Waals surface area contributed by atoms with Crippen molar-refractivity contribution in [3.05, 3.63) is 47.0 Å². The maximum atomic E-state index is 11.0. The maximum absolute atomic E-state index is 11.0. The Kier molecular flexibility index (Phi) is 3.47. The van der Waals surface area contributed by atoms with Crippen LogP contribution >= 0.6 is 0 Å². The number of carboxylic acid groups (broad SMARTS) is 1. The Morgan fingerprint density at radius 3 is 2.38 bits per heavy atom. The summed E-state index contributed by atoms with van der Waals surface area (Å²) in [5.41, 5.74) is 0.0306. The summed E-state index contributed by atoms with van der Waals surface area (Å²) in [6.45, 7) is 0. The van der Waals surface area contributed by atoms with Crippen molar-refractivity contribution in [1.29, 1.82) is 10.5 Å². The number of aromatic hydroxyl groups is 2. The zero-order chi connectivity index (χ0) is 15.6. The van der Waals surface area contributed by atoms with Crippen molar-refractivity contribution in [3.63, 3.8) is 0 Å². The topological polar surface area (TPSA) is 125 Å². The SMILES string of the molecule is N#Cc1cc(O)c(O)c(C#N)c1-c1cccc(C(=O)O)c1. The van der Waals surface area contributed by atoms with Gasteiger partial charge in [-0.05, 0) is 17.7 Å². The van der Waals surface area contributed by atoms with Crippen LogP contribution in [0.4, 0.5) is 0 Å². The molecule has 21 heavy (non-hydrogen) atoms. The number of benzene rings is 2. The molecule has 2 rings (SSSR count). The van der Waals surface area contributed by atoms with E-state index in [9.17, 15) is 15.0 Å². The predicted octanol–water partition coefficient (Wildman–Crippen LogP) is 2.21. The van der Waals surface area contributed by atoms with Crippen molar-refractivity contribution in [3.8, 4) is 34.8 Å². The molecule has 0 radical (unpaired) electrons. The second-order valence-corrected chi connectivity index (χ2v) is 4.15. The number of nitriles is 2. The van der Waals surface area contributed by atoms with Gasteiger partial charge in [-0.1, -0.05) is 12.1 Å². The zero-order valence-corrected chi connectivity index (χ0v) is 10.5. The minimum Gasteiger partial charge on any atom is -0.504 e. The highest BCUT2D eigenvalue weighted by Crippen LogP contribution is 2.39. The fraction of sp³-hybridized carbons (Fsp3) is 0. The third-order valence-electron chi connectivity index (χ3n) is 2.91. The number of hydrogen-bond acceptors (Lipinski definition) is 5. The van der Waals surface area contributed by atoms with Gasteiger partial charge in [0.1, 0.15) is 11.6 Å². The lowest BCUT2D eigenvalue weighted by Crippen LogP contribution is -1.97. The molecule has 0 aliphatic carbocycles. The molecule has 0 amide bonds. The Hall–Kier alpha value is -3.51. The van der Waals surface area contributed by atoms with Gasteiger partial charge in [0.2, 0.25) is 0 Å². The van der Waals surface area contributed by atoms with Gasteiger partial charge in [-0.25, -0.2) is 4.79 Å². The number of hydrogen-bond donors (Lipinski definition) is 3. The van der Waals surface area contributed by atoms with E-state index in [0.717, 1.165) is 6.07 Å². The van der Waals surface area contributed by atoms with Crippen LogP contribution in [0.3, 0.4) is 0 Å². The summed E-state index contributed by atoms with van der Waals surface area (Å²) in [4.78, 5) is 11.0. The summed E-state index contributed by atoms with van der Waals surface area (Å²) in [5.74, 6) is -2.38. The fourth-order valence-corrected chi connectivity index (χ4v) is 1.96. The van der Waals surface area contributed by atoms with Crippen LogP contribution in [0.1, 0.15) is 21.5 Å². The molecule has 0 heterocycles. The molecule has 0 atom stereocenters. The molecule has 2 aromatic carbocycles. The maximum Gasteiger partial charge on any atom is 0.335 e. The van der Waals surface area contributed by atoms with Gasteiger partial charge < -0.3 is 15.3 Å². The first-order valence-electron chi connectivity index (χ1n) is 5.72. The highest BCUT2D eigenvalue weighted by atomic mass is 16.4. The Morgan fingerprint density at radius 1 is 1.10 bits per heavy atom. The fourth-order valence-electron chi connectivity index (χ4n) is 1.96. The number of nitrogens with zero attached hydrogens (tertiary/aromatic N) is 2. The lowest BCUT2D eigenvalue weighted by atomic mass is 9.93. The minimum atomic E-state index is -1.16. The lowest BCUT2D eigenvalue weighted by Gasteiger charge is -2.10. The van der Waals surface area contributed by atoms with Crippen LogP contribution in [0.15, 0.2) is 30.3 Å². The van der Waals surface area contributed by atoms with Gasteiger partial charge in [-0.15, -0.1) is 0 Å². The molecule has 0 saturated heterocycles.